The molecule has 1 atom stereocenters. The van der Waals surface area contributed by atoms with Gasteiger partial charge in [0.05, 0.1) is 19.1 Å². The monoisotopic (exact) mass is 187 g/mol. The minimum atomic E-state index is -0.909. The van der Waals surface area contributed by atoms with E-state index in [1.54, 1.807) is 0 Å². The van der Waals surface area contributed by atoms with Gasteiger partial charge in [-0.15, -0.1) is 0 Å². The zero-order valence-electron chi connectivity index (χ0n) is 7.52. The third-order valence-corrected chi connectivity index (χ3v) is 2.06. The topological polar surface area (TPSA) is 66.8 Å². The molecule has 5 heteroatoms. The third-order valence-electron chi connectivity index (χ3n) is 2.06. The molecule has 1 rings (SSSR count). The summed E-state index contributed by atoms with van der Waals surface area (Å²) in [5, 5.41) is 8.74. The van der Waals surface area contributed by atoms with Crippen LogP contribution in [-0.2, 0) is 14.3 Å². The van der Waals surface area contributed by atoms with E-state index in [1.165, 1.54) is 11.8 Å². The highest BCUT2D eigenvalue weighted by Gasteiger charge is 2.25. The maximum Gasteiger partial charge on any atom is 0.310 e. The summed E-state index contributed by atoms with van der Waals surface area (Å²) in [5.41, 5.74) is 0. The number of carbonyl (C=O) groups is 2. The van der Waals surface area contributed by atoms with E-state index in [4.69, 9.17) is 9.84 Å². The predicted molar refractivity (Wildman–Crippen MR) is 44.2 cm³/mol. The summed E-state index contributed by atoms with van der Waals surface area (Å²) >= 11 is 0. The number of hydrogen-bond donors (Lipinski definition) is 1. The summed E-state index contributed by atoms with van der Waals surface area (Å²) in [6.07, 6.45) is 0. The van der Waals surface area contributed by atoms with Gasteiger partial charge < -0.3 is 14.7 Å². The number of aliphatic carboxylic acids is 1. The lowest BCUT2D eigenvalue weighted by Crippen LogP contribution is -2.36. The van der Waals surface area contributed by atoms with E-state index < -0.39 is 11.9 Å². The Labute approximate surface area is 76.3 Å². The fourth-order valence-corrected chi connectivity index (χ4v) is 1.25. The fourth-order valence-electron chi connectivity index (χ4n) is 1.25. The summed E-state index contributed by atoms with van der Waals surface area (Å²) in [6.45, 7) is 2.79. The van der Waals surface area contributed by atoms with Crippen molar-refractivity contribution in [3.05, 3.63) is 0 Å². The van der Waals surface area contributed by atoms with Crippen LogP contribution in [0.1, 0.15) is 6.92 Å². The molecular weight excluding hydrogens is 174 g/mol. The second-order valence-corrected chi connectivity index (χ2v) is 3.08. The standard InChI is InChI=1S/C8H13NO4/c1-6(10)9-2-3-13-5-7(4-9)8(11)12/h7H,2-5H2,1H3,(H,11,12). The highest BCUT2D eigenvalue weighted by atomic mass is 16.5. The summed E-state index contributed by atoms with van der Waals surface area (Å²) < 4.78 is 5.07. The number of carboxylic acid groups (broad SMARTS) is 1. The smallest absolute Gasteiger partial charge is 0.310 e. The van der Waals surface area contributed by atoms with Gasteiger partial charge in [-0.05, 0) is 0 Å². The molecule has 1 unspecified atom stereocenters. The molecule has 0 aliphatic carbocycles. The summed E-state index contributed by atoms with van der Waals surface area (Å²) in [7, 11) is 0. The highest BCUT2D eigenvalue weighted by Crippen LogP contribution is 2.07. The molecule has 0 aromatic rings. The molecule has 1 amide bonds. The van der Waals surface area contributed by atoms with Crippen molar-refractivity contribution >= 4 is 11.9 Å². The Hall–Kier alpha value is -1.10. The zero-order chi connectivity index (χ0) is 9.84. The lowest BCUT2D eigenvalue weighted by Gasteiger charge is -2.19. The molecule has 0 saturated carbocycles. The van der Waals surface area contributed by atoms with Crippen LogP contribution in [0.3, 0.4) is 0 Å². The molecule has 1 saturated heterocycles. The van der Waals surface area contributed by atoms with Crippen molar-refractivity contribution in [1.82, 2.24) is 4.90 Å². The van der Waals surface area contributed by atoms with E-state index >= 15 is 0 Å². The molecule has 1 heterocycles. The molecule has 1 fully saturated rings. The molecule has 5 nitrogen and oxygen atoms in total. The average molecular weight is 187 g/mol. The first kappa shape index (κ1) is 9.98. The lowest BCUT2D eigenvalue weighted by atomic mass is 10.1. The van der Waals surface area contributed by atoms with Crippen LogP contribution in [0, 0.1) is 5.92 Å². The van der Waals surface area contributed by atoms with Crippen LogP contribution < -0.4 is 0 Å². The Morgan fingerprint density at radius 2 is 2.23 bits per heavy atom. The van der Waals surface area contributed by atoms with Crippen molar-refractivity contribution in [2.75, 3.05) is 26.3 Å². The highest BCUT2D eigenvalue weighted by molar-refractivity contribution is 5.75. The van der Waals surface area contributed by atoms with Gasteiger partial charge in [0.1, 0.15) is 0 Å². The van der Waals surface area contributed by atoms with Crippen LogP contribution in [0.4, 0.5) is 0 Å². The van der Waals surface area contributed by atoms with Crippen LogP contribution in [0.2, 0.25) is 0 Å². The van der Waals surface area contributed by atoms with Gasteiger partial charge >= 0.3 is 5.97 Å². The molecule has 1 aliphatic heterocycles. The normalized spacial score (nSPS) is 23.8. The van der Waals surface area contributed by atoms with Gasteiger partial charge in [-0.25, -0.2) is 0 Å². The Balaban J connectivity index is 2.59. The van der Waals surface area contributed by atoms with Gasteiger partial charge in [-0.2, -0.15) is 0 Å². The number of carboxylic acids is 1. The van der Waals surface area contributed by atoms with Gasteiger partial charge in [0.25, 0.3) is 0 Å². The largest absolute Gasteiger partial charge is 0.481 e. The Morgan fingerprint density at radius 3 is 2.77 bits per heavy atom. The number of ether oxygens (including phenoxy) is 1. The van der Waals surface area contributed by atoms with Crippen molar-refractivity contribution in [3.63, 3.8) is 0 Å². The molecule has 0 aromatic carbocycles. The molecular formula is C8H13NO4. The van der Waals surface area contributed by atoms with Crippen LogP contribution in [0.25, 0.3) is 0 Å². The molecule has 0 radical (unpaired) electrons. The number of nitrogens with zero attached hydrogens (tertiary/aromatic N) is 1. The van der Waals surface area contributed by atoms with E-state index in [0.29, 0.717) is 13.2 Å². The van der Waals surface area contributed by atoms with Crippen molar-refractivity contribution in [3.8, 4) is 0 Å². The van der Waals surface area contributed by atoms with Crippen molar-refractivity contribution in [2.45, 2.75) is 6.92 Å². The van der Waals surface area contributed by atoms with Crippen molar-refractivity contribution in [1.29, 1.82) is 0 Å². The molecule has 13 heavy (non-hydrogen) atoms. The predicted octanol–water partition coefficient (Wildman–Crippen LogP) is -0.434. The Bertz CT molecular complexity index is 194. The average Bonchev–Trinajstić information content (AvgIpc) is 2.28. The minimum absolute atomic E-state index is 0.100. The maximum absolute atomic E-state index is 11.0. The van der Waals surface area contributed by atoms with E-state index in [9.17, 15) is 9.59 Å². The van der Waals surface area contributed by atoms with Gasteiger partial charge in [0.15, 0.2) is 0 Å². The number of amides is 1. The van der Waals surface area contributed by atoms with E-state index in [-0.39, 0.29) is 19.1 Å². The first-order valence-corrected chi connectivity index (χ1v) is 4.17. The van der Waals surface area contributed by atoms with Gasteiger partial charge in [0, 0.05) is 20.0 Å². The van der Waals surface area contributed by atoms with Gasteiger partial charge in [0.2, 0.25) is 5.91 Å². The molecule has 0 aromatic heterocycles. The fraction of sp³-hybridized carbons (Fsp3) is 0.750. The number of rotatable bonds is 1. The van der Waals surface area contributed by atoms with Crippen molar-refractivity contribution < 1.29 is 19.4 Å². The van der Waals surface area contributed by atoms with Crippen LogP contribution >= 0.6 is 0 Å². The molecule has 0 spiro atoms. The Kier molecular flexibility index (Phi) is 3.25. The first-order chi connectivity index (χ1) is 6.11. The van der Waals surface area contributed by atoms with Crippen LogP contribution in [-0.4, -0.2) is 48.2 Å². The Morgan fingerprint density at radius 1 is 1.54 bits per heavy atom. The minimum Gasteiger partial charge on any atom is -0.481 e. The van der Waals surface area contributed by atoms with E-state index in [2.05, 4.69) is 0 Å². The van der Waals surface area contributed by atoms with Gasteiger partial charge in [-0.3, -0.25) is 9.59 Å². The zero-order valence-corrected chi connectivity index (χ0v) is 7.52. The molecule has 74 valence electrons. The van der Waals surface area contributed by atoms with E-state index in [1.807, 2.05) is 0 Å². The molecule has 1 N–H and O–H groups in total. The SMILES string of the molecule is CC(=O)N1CCOCC(C(=O)O)C1. The number of carbonyl (C=O) groups excluding carboxylic acids is 1. The summed E-state index contributed by atoms with van der Waals surface area (Å²) in [4.78, 5) is 23.2. The molecule has 1 aliphatic rings. The molecule has 0 bridgehead atoms. The lowest BCUT2D eigenvalue weighted by molar-refractivity contribution is -0.144. The number of hydrogen-bond acceptors (Lipinski definition) is 3. The van der Waals surface area contributed by atoms with E-state index in [0.717, 1.165) is 0 Å². The van der Waals surface area contributed by atoms with Crippen molar-refractivity contribution in [2.24, 2.45) is 5.92 Å². The summed E-state index contributed by atoms with van der Waals surface area (Å²) in [6, 6.07) is 0. The second kappa shape index (κ2) is 4.23. The maximum atomic E-state index is 11.0. The summed E-state index contributed by atoms with van der Waals surface area (Å²) in [5.74, 6) is -1.60. The van der Waals surface area contributed by atoms with Crippen LogP contribution in [0.5, 0.6) is 0 Å². The second-order valence-electron chi connectivity index (χ2n) is 3.08. The van der Waals surface area contributed by atoms with Crippen LogP contribution in [0.15, 0.2) is 0 Å². The van der Waals surface area contributed by atoms with Gasteiger partial charge in [-0.1, -0.05) is 0 Å². The third kappa shape index (κ3) is 2.69. The first-order valence-electron chi connectivity index (χ1n) is 4.17. The quantitative estimate of drug-likeness (QED) is 0.604.